The van der Waals surface area contributed by atoms with Crippen LogP contribution in [0.4, 0.5) is 0 Å². The highest BCUT2D eigenvalue weighted by atomic mass is 35.5. The number of fused-ring (bicyclic) bond motifs is 1. The van der Waals surface area contributed by atoms with E-state index < -0.39 is 0 Å². The van der Waals surface area contributed by atoms with Crippen LogP contribution in [0.15, 0.2) is 82.0 Å². The summed E-state index contributed by atoms with van der Waals surface area (Å²) in [7, 11) is 1.60. The summed E-state index contributed by atoms with van der Waals surface area (Å²) in [6.07, 6.45) is 3.57. The van der Waals surface area contributed by atoms with Gasteiger partial charge in [0.05, 0.1) is 18.0 Å². The van der Waals surface area contributed by atoms with Crippen LogP contribution in [-0.2, 0) is 0 Å². The van der Waals surface area contributed by atoms with Crippen molar-refractivity contribution in [2.75, 3.05) is 7.11 Å². The second-order valence-electron chi connectivity index (χ2n) is 7.13. The molecule has 0 fully saturated rings. The molecule has 0 radical (unpaired) electrons. The topological polar surface area (TPSA) is 83.0 Å². The predicted molar refractivity (Wildman–Crippen MR) is 128 cm³/mol. The summed E-state index contributed by atoms with van der Waals surface area (Å²) in [6.45, 7) is 0. The van der Waals surface area contributed by atoms with E-state index in [2.05, 4.69) is 15.2 Å². The van der Waals surface area contributed by atoms with E-state index in [1.54, 1.807) is 67.8 Å². The Balaban J connectivity index is 1.62. The SMILES string of the molecule is COc1ccc(-c2nnc(-n3c(/C=C/c4ccc(Cl)cc4)nc4ccccc4c3=O)o2)cc1. The minimum atomic E-state index is -0.304. The van der Waals surface area contributed by atoms with Gasteiger partial charge in [-0.1, -0.05) is 47.0 Å². The predicted octanol–water partition coefficient (Wildman–Crippen LogP) is 5.27. The van der Waals surface area contributed by atoms with E-state index in [9.17, 15) is 4.79 Å². The highest BCUT2D eigenvalue weighted by molar-refractivity contribution is 6.30. The molecule has 0 saturated heterocycles. The van der Waals surface area contributed by atoms with Gasteiger partial charge in [0.25, 0.3) is 5.56 Å². The van der Waals surface area contributed by atoms with Crippen molar-refractivity contribution in [1.82, 2.24) is 19.7 Å². The lowest BCUT2D eigenvalue weighted by atomic mass is 10.2. The summed E-state index contributed by atoms with van der Waals surface area (Å²) in [5, 5.41) is 9.34. The summed E-state index contributed by atoms with van der Waals surface area (Å²) in [4.78, 5) is 18.0. The number of halogens is 1. The number of benzene rings is 3. The Labute approximate surface area is 193 Å². The largest absolute Gasteiger partial charge is 0.497 e. The van der Waals surface area contributed by atoms with Gasteiger partial charge in [-0.2, -0.15) is 0 Å². The van der Waals surface area contributed by atoms with Crippen molar-refractivity contribution in [3.8, 4) is 23.2 Å². The molecule has 3 aromatic carbocycles. The molecule has 0 spiro atoms. The summed E-state index contributed by atoms with van der Waals surface area (Å²) in [5.74, 6) is 1.35. The van der Waals surface area contributed by atoms with E-state index in [-0.39, 0.29) is 17.5 Å². The Morgan fingerprint density at radius 1 is 0.939 bits per heavy atom. The zero-order valence-corrected chi connectivity index (χ0v) is 18.2. The molecular formula is C25H17ClN4O3. The van der Waals surface area contributed by atoms with Crippen molar-refractivity contribution in [3.05, 3.63) is 99.6 Å². The summed E-state index contributed by atoms with van der Waals surface area (Å²) < 4.78 is 12.4. The molecule has 0 bridgehead atoms. The van der Waals surface area contributed by atoms with Gasteiger partial charge in [-0.3, -0.25) is 4.79 Å². The van der Waals surface area contributed by atoms with Gasteiger partial charge in [0.15, 0.2) is 0 Å². The summed E-state index contributed by atoms with van der Waals surface area (Å²) >= 11 is 5.97. The molecule has 162 valence electrons. The van der Waals surface area contributed by atoms with Gasteiger partial charge in [0, 0.05) is 10.6 Å². The first kappa shape index (κ1) is 20.7. The second-order valence-corrected chi connectivity index (χ2v) is 7.57. The minimum Gasteiger partial charge on any atom is -0.497 e. The maximum Gasteiger partial charge on any atom is 0.331 e. The molecule has 0 N–H and O–H groups in total. The number of hydrogen-bond donors (Lipinski definition) is 0. The Bertz CT molecular complexity index is 1520. The van der Waals surface area contributed by atoms with Gasteiger partial charge in [-0.15, -0.1) is 5.10 Å². The standard InChI is InChI=1S/C25H17ClN4O3/c1-32-19-13-9-17(10-14-19)23-28-29-25(33-23)30-22(15-8-16-6-11-18(26)12-7-16)27-21-5-3-2-4-20(21)24(30)31/h2-15H,1H3/b15-8+. The molecule has 2 heterocycles. The van der Waals surface area contributed by atoms with Gasteiger partial charge in [-0.05, 0) is 60.2 Å². The summed E-state index contributed by atoms with van der Waals surface area (Å²) in [5.41, 5.74) is 1.87. The molecule has 0 atom stereocenters. The first-order valence-corrected chi connectivity index (χ1v) is 10.4. The molecule has 5 rings (SSSR count). The number of ether oxygens (including phenoxy) is 1. The van der Waals surface area contributed by atoms with Crippen LogP contribution in [0.2, 0.25) is 5.02 Å². The molecule has 8 heteroatoms. The van der Waals surface area contributed by atoms with E-state index in [1.807, 2.05) is 24.3 Å². The van der Waals surface area contributed by atoms with E-state index >= 15 is 0 Å². The normalized spacial score (nSPS) is 11.3. The average molecular weight is 457 g/mol. The molecule has 0 aliphatic heterocycles. The Kier molecular flexibility index (Phi) is 5.46. The lowest BCUT2D eigenvalue weighted by molar-refractivity contribution is 0.415. The Hall–Kier alpha value is -4.23. The second kappa shape index (κ2) is 8.72. The number of aromatic nitrogens is 4. The highest BCUT2D eigenvalue weighted by Crippen LogP contribution is 2.23. The molecule has 0 aliphatic carbocycles. The van der Waals surface area contributed by atoms with Crippen molar-refractivity contribution in [2.45, 2.75) is 0 Å². The van der Waals surface area contributed by atoms with Gasteiger partial charge < -0.3 is 9.15 Å². The smallest absolute Gasteiger partial charge is 0.331 e. The molecule has 5 aromatic rings. The van der Waals surface area contributed by atoms with Crippen LogP contribution in [0.1, 0.15) is 11.4 Å². The molecule has 0 aliphatic rings. The van der Waals surface area contributed by atoms with Crippen molar-refractivity contribution in [3.63, 3.8) is 0 Å². The number of nitrogens with zero attached hydrogens (tertiary/aromatic N) is 4. The van der Waals surface area contributed by atoms with E-state index in [1.165, 1.54) is 4.57 Å². The van der Waals surface area contributed by atoms with Crippen molar-refractivity contribution >= 4 is 34.7 Å². The van der Waals surface area contributed by atoms with Crippen LogP contribution in [0.3, 0.4) is 0 Å². The van der Waals surface area contributed by atoms with Crippen LogP contribution in [-0.4, -0.2) is 26.9 Å². The summed E-state index contributed by atoms with van der Waals surface area (Å²) in [6, 6.07) is 21.7. The highest BCUT2D eigenvalue weighted by Gasteiger charge is 2.17. The number of methoxy groups -OCH3 is 1. The minimum absolute atomic E-state index is 0.0276. The molecule has 0 saturated carbocycles. The maximum absolute atomic E-state index is 13.4. The fourth-order valence-corrected chi connectivity index (χ4v) is 3.47. The van der Waals surface area contributed by atoms with E-state index in [0.29, 0.717) is 33.1 Å². The number of para-hydroxylation sites is 1. The van der Waals surface area contributed by atoms with Crippen molar-refractivity contribution in [2.24, 2.45) is 0 Å². The monoisotopic (exact) mass is 456 g/mol. The quantitative estimate of drug-likeness (QED) is 0.358. The number of rotatable bonds is 5. The first-order chi connectivity index (χ1) is 16.1. The lowest BCUT2D eigenvalue weighted by Crippen LogP contribution is -2.22. The van der Waals surface area contributed by atoms with E-state index in [0.717, 1.165) is 5.56 Å². The van der Waals surface area contributed by atoms with Crippen molar-refractivity contribution in [1.29, 1.82) is 0 Å². The van der Waals surface area contributed by atoms with Gasteiger partial charge in [-0.25, -0.2) is 9.55 Å². The van der Waals surface area contributed by atoms with Crippen LogP contribution in [0.5, 0.6) is 5.75 Å². The molecule has 7 nitrogen and oxygen atoms in total. The Morgan fingerprint density at radius 3 is 2.45 bits per heavy atom. The first-order valence-electron chi connectivity index (χ1n) is 10.1. The zero-order chi connectivity index (χ0) is 22.8. The molecule has 0 amide bonds. The van der Waals surface area contributed by atoms with Crippen LogP contribution in [0.25, 0.3) is 40.5 Å². The lowest BCUT2D eigenvalue weighted by Gasteiger charge is -2.07. The maximum atomic E-state index is 13.4. The third-order valence-corrected chi connectivity index (χ3v) is 5.29. The molecule has 0 unspecified atom stereocenters. The fraction of sp³-hybridized carbons (Fsp3) is 0.0400. The third kappa shape index (κ3) is 4.14. The van der Waals surface area contributed by atoms with E-state index in [4.69, 9.17) is 20.8 Å². The average Bonchev–Trinajstić information content (AvgIpc) is 3.33. The number of hydrogen-bond acceptors (Lipinski definition) is 6. The molecular weight excluding hydrogens is 440 g/mol. The van der Waals surface area contributed by atoms with Gasteiger partial charge in [0.1, 0.15) is 11.6 Å². The van der Waals surface area contributed by atoms with Gasteiger partial charge in [0.2, 0.25) is 5.89 Å². The van der Waals surface area contributed by atoms with Crippen LogP contribution < -0.4 is 10.3 Å². The van der Waals surface area contributed by atoms with Gasteiger partial charge >= 0.3 is 6.01 Å². The van der Waals surface area contributed by atoms with Crippen molar-refractivity contribution < 1.29 is 9.15 Å². The third-order valence-electron chi connectivity index (χ3n) is 5.04. The Morgan fingerprint density at radius 2 is 1.70 bits per heavy atom. The zero-order valence-electron chi connectivity index (χ0n) is 17.5. The van der Waals surface area contributed by atoms with Crippen LogP contribution in [0, 0.1) is 0 Å². The fourth-order valence-electron chi connectivity index (χ4n) is 3.35. The molecule has 2 aromatic heterocycles. The van der Waals surface area contributed by atoms with Crippen LogP contribution >= 0.6 is 11.6 Å². The molecule has 33 heavy (non-hydrogen) atoms.